The average Bonchev–Trinajstić information content (AvgIpc) is 2.67. The van der Waals surface area contributed by atoms with Crippen molar-refractivity contribution in [1.82, 2.24) is 0 Å². The van der Waals surface area contributed by atoms with E-state index in [1.54, 1.807) is 6.07 Å². The smallest absolute Gasteiger partial charge is 0.417 e. The lowest BCUT2D eigenvalue weighted by Gasteiger charge is -2.20. The zero-order chi connectivity index (χ0) is 22.5. The second-order valence-electron chi connectivity index (χ2n) is 5.88. The zero-order valence-corrected chi connectivity index (χ0v) is 16.8. The molecule has 2 aromatic rings. The van der Waals surface area contributed by atoms with Gasteiger partial charge in [-0.3, -0.25) is 4.79 Å². The van der Waals surface area contributed by atoms with Gasteiger partial charge in [0.25, 0.3) is 0 Å². The van der Waals surface area contributed by atoms with Crippen LogP contribution in [0.3, 0.4) is 0 Å². The van der Waals surface area contributed by atoms with Crippen molar-refractivity contribution < 1.29 is 45.3 Å². The van der Waals surface area contributed by atoms with Gasteiger partial charge in [-0.25, -0.2) is 0 Å². The van der Waals surface area contributed by atoms with Crippen LogP contribution in [0, 0.1) is 0 Å². The molecule has 0 aliphatic carbocycles. The molecule has 0 amide bonds. The molecular weight excluding hydrogens is 437 g/mol. The number of carbonyl (C=O) groups excluding carboxylic acids is 1. The maximum atomic E-state index is 13.5. The van der Waals surface area contributed by atoms with Crippen molar-refractivity contribution >= 4 is 19.4 Å². The first-order chi connectivity index (χ1) is 14.0. The lowest BCUT2D eigenvalue weighted by atomic mass is 10.00. The number of halogens is 6. The minimum atomic E-state index is -5.20. The summed E-state index contributed by atoms with van der Waals surface area (Å²) >= 11 is 0. The summed E-state index contributed by atoms with van der Waals surface area (Å²) in [5.41, 5.74) is -6.17. The Labute approximate surface area is 169 Å². The molecule has 0 heterocycles. The minimum Gasteiger partial charge on any atom is -0.497 e. The normalized spacial score (nSPS) is 12.4. The fourth-order valence-electron chi connectivity index (χ4n) is 2.54. The summed E-state index contributed by atoms with van der Waals surface area (Å²) in [5.74, 6) is -0.477. The van der Waals surface area contributed by atoms with Crippen molar-refractivity contribution in [1.29, 1.82) is 0 Å². The van der Waals surface area contributed by atoms with Gasteiger partial charge in [0.05, 0.1) is 24.8 Å². The molecule has 0 saturated carbocycles. The van der Waals surface area contributed by atoms with Crippen molar-refractivity contribution in [2.45, 2.75) is 12.4 Å². The molecule has 0 saturated heterocycles. The topological polar surface area (TPSA) is 44.8 Å². The van der Waals surface area contributed by atoms with Crippen LogP contribution < -0.4 is 14.8 Å². The first-order valence-corrected chi connectivity index (χ1v) is 9.37. The maximum Gasteiger partial charge on any atom is 0.417 e. The van der Waals surface area contributed by atoms with Gasteiger partial charge in [0.15, 0.2) is 5.52 Å². The van der Waals surface area contributed by atoms with Gasteiger partial charge in [-0.2, -0.15) is 26.3 Å². The zero-order valence-electron chi connectivity index (χ0n) is 15.8. The Bertz CT molecular complexity index is 860. The van der Waals surface area contributed by atoms with E-state index in [0.29, 0.717) is 12.1 Å². The minimum absolute atomic E-state index is 0.0936. The third-order valence-electron chi connectivity index (χ3n) is 3.87. The fourth-order valence-corrected chi connectivity index (χ4v) is 3.64. The highest BCUT2D eigenvalue weighted by Gasteiger charge is 2.43. The highest BCUT2D eigenvalue weighted by atomic mass is 31.1. The Kier molecular flexibility index (Phi) is 7.71. The first kappa shape index (κ1) is 24.0. The highest BCUT2D eigenvalue weighted by molar-refractivity contribution is 7.66. The molecule has 0 aliphatic rings. The van der Waals surface area contributed by atoms with E-state index < -0.39 is 48.9 Å². The van der Waals surface area contributed by atoms with Gasteiger partial charge >= 0.3 is 12.4 Å². The molecule has 0 bridgehead atoms. The van der Waals surface area contributed by atoms with Gasteiger partial charge in [-0.15, -0.1) is 0 Å². The van der Waals surface area contributed by atoms with E-state index in [2.05, 4.69) is 4.74 Å². The van der Waals surface area contributed by atoms with E-state index in [9.17, 15) is 31.1 Å². The molecule has 164 valence electrons. The summed E-state index contributed by atoms with van der Waals surface area (Å²) in [5, 5.41) is 0.177. The van der Waals surface area contributed by atoms with Gasteiger partial charge in [0, 0.05) is 18.0 Å². The van der Waals surface area contributed by atoms with Gasteiger partial charge in [-0.1, -0.05) is 18.2 Å². The summed E-state index contributed by atoms with van der Waals surface area (Å²) in [7, 11) is 1.34. The lowest BCUT2D eigenvalue weighted by molar-refractivity contribution is -0.143. The first-order valence-electron chi connectivity index (χ1n) is 8.37. The third-order valence-corrected chi connectivity index (χ3v) is 5.03. The van der Waals surface area contributed by atoms with Crippen LogP contribution in [0.2, 0.25) is 0 Å². The number of hydrogen-bond acceptors (Lipinski definition) is 4. The highest BCUT2D eigenvalue weighted by Crippen LogP contribution is 2.44. The average molecular weight is 454 g/mol. The fraction of sp³-hybridized carbons (Fsp3) is 0.316. The number of benzene rings is 2. The van der Waals surface area contributed by atoms with Crippen molar-refractivity contribution in [2.24, 2.45) is 0 Å². The number of rotatable bonds is 8. The predicted octanol–water partition coefficient (Wildman–Crippen LogP) is 4.90. The molecule has 4 nitrogen and oxygen atoms in total. The van der Waals surface area contributed by atoms with E-state index in [4.69, 9.17) is 9.47 Å². The molecule has 0 radical (unpaired) electrons. The van der Waals surface area contributed by atoms with Crippen LogP contribution in [0.4, 0.5) is 26.3 Å². The maximum absolute atomic E-state index is 13.5. The molecule has 2 aromatic carbocycles. The Balaban J connectivity index is 2.54. The van der Waals surface area contributed by atoms with Crippen molar-refractivity contribution in [3.8, 4) is 11.5 Å². The number of ether oxygens (including phenoxy) is 3. The van der Waals surface area contributed by atoms with Crippen LogP contribution in [-0.2, 0) is 17.1 Å². The second-order valence-corrected chi connectivity index (χ2v) is 7.13. The van der Waals surface area contributed by atoms with E-state index in [1.165, 1.54) is 25.3 Å². The number of alkyl halides is 6. The number of methoxy groups -OCH3 is 2. The number of carbonyl (C=O) groups is 1. The Morgan fingerprint density at radius 2 is 1.50 bits per heavy atom. The van der Waals surface area contributed by atoms with Crippen molar-refractivity contribution in [3.05, 3.63) is 53.1 Å². The molecule has 1 unspecified atom stereocenters. The molecule has 2 rings (SSSR count). The molecule has 0 fully saturated rings. The summed E-state index contributed by atoms with van der Waals surface area (Å²) < 4.78 is 95.9. The van der Waals surface area contributed by atoms with Crippen LogP contribution in [0.1, 0.15) is 21.5 Å². The largest absolute Gasteiger partial charge is 0.497 e. The molecule has 0 aromatic heterocycles. The SMILES string of the molecule is COCCOc1ccccc1PC(=O)c1c(C(F)(F)F)cc(OC)cc1C(F)(F)F. The van der Waals surface area contributed by atoms with E-state index >= 15 is 0 Å². The van der Waals surface area contributed by atoms with Gasteiger partial charge in [0.1, 0.15) is 18.1 Å². The molecular formula is C19H17F6O4P. The molecule has 0 N–H and O–H groups in total. The van der Waals surface area contributed by atoms with Crippen LogP contribution in [0.25, 0.3) is 0 Å². The van der Waals surface area contributed by atoms with Gasteiger partial charge < -0.3 is 14.2 Å². The Hall–Kier alpha value is -2.32. The van der Waals surface area contributed by atoms with E-state index in [0.717, 1.165) is 7.11 Å². The molecule has 0 spiro atoms. The summed E-state index contributed by atoms with van der Waals surface area (Å²) in [6.45, 7) is 0.302. The van der Waals surface area contributed by atoms with E-state index in [-0.39, 0.29) is 24.3 Å². The van der Waals surface area contributed by atoms with Crippen LogP contribution in [0.15, 0.2) is 36.4 Å². The van der Waals surface area contributed by atoms with Crippen LogP contribution in [0.5, 0.6) is 11.5 Å². The second kappa shape index (κ2) is 9.66. The number of hydrogen-bond donors (Lipinski definition) is 0. The third kappa shape index (κ3) is 5.86. The Morgan fingerprint density at radius 1 is 0.933 bits per heavy atom. The summed E-state index contributed by atoms with van der Waals surface area (Å²) in [4.78, 5) is 12.7. The van der Waals surface area contributed by atoms with Crippen molar-refractivity contribution in [3.63, 3.8) is 0 Å². The monoisotopic (exact) mass is 454 g/mol. The molecule has 1 atom stereocenters. The summed E-state index contributed by atoms with van der Waals surface area (Å²) in [6, 6.07) is 6.71. The summed E-state index contributed by atoms with van der Waals surface area (Å²) in [6.07, 6.45) is -10.4. The van der Waals surface area contributed by atoms with Gasteiger partial charge in [-0.05, 0) is 26.8 Å². The van der Waals surface area contributed by atoms with E-state index in [1.807, 2.05) is 0 Å². The molecule has 11 heteroatoms. The van der Waals surface area contributed by atoms with Crippen LogP contribution in [-0.4, -0.2) is 33.0 Å². The molecule has 30 heavy (non-hydrogen) atoms. The molecule has 0 aliphatic heterocycles. The van der Waals surface area contributed by atoms with Gasteiger partial charge in [0.2, 0.25) is 0 Å². The number of para-hydroxylation sites is 1. The lowest BCUT2D eigenvalue weighted by Crippen LogP contribution is -2.20. The quantitative estimate of drug-likeness (QED) is 0.323. The van der Waals surface area contributed by atoms with Crippen LogP contribution >= 0.6 is 8.58 Å². The standard InChI is InChI=1S/C19H17F6O4P/c1-27-7-8-29-14-5-3-4-6-15(14)30-17(26)16-12(18(20,21)22)9-11(28-2)10-13(16)19(23,24)25/h3-6,9-10,30H,7-8H2,1-2H3. The Morgan fingerprint density at radius 3 is 2.00 bits per heavy atom. The van der Waals surface area contributed by atoms with Crippen molar-refractivity contribution in [2.75, 3.05) is 27.4 Å². The predicted molar refractivity (Wildman–Crippen MR) is 99.1 cm³/mol.